The Labute approximate surface area is 137 Å². The molecule has 124 valence electrons. The summed E-state index contributed by atoms with van der Waals surface area (Å²) in [6.45, 7) is 7.98. The molecule has 4 unspecified atom stereocenters. The van der Waals surface area contributed by atoms with Crippen molar-refractivity contribution in [3.8, 4) is 0 Å². The van der Waals surface area contributed by atoms with Gasteiger partial charge in [0.2, 0.25) is 5.91 Å². The van der Waals surface area contributed by atoms with E-state index in [1.165, 1.54) is 0 Å². The fourth-order valence-corrected chi connectivity index (χ4v) is 3.58. The van der Waals surface area contributed by atoms with Crippen molar-refractivity contribution < 1.29 is 14.6 Å². The minimum Gasteiger partial charge on any atom is -0.387 e. The van der Waals surface area contributed by atoms with Gasteiger partial charge in [0.05, 0.1) is 25.4 Å². The zero-order chi connectivity index (χ0) is 16.1. The third-order valence-electron chi connectivity index (χ3n) is 4.76. The summed E-state index contributed by atoms with van der Waals surface area (Å²) in [6, 6.07) is 3.84. The topological polar surface area (TPSA) is 49.8 Å². The van der Waals surface area contributed by atoms with E-state index in [0.29, 0.717) is 32.1 Å². The summed E-state index contributed by atoms with van der Waals surface area (Å²) in [5.41, 5.74) is 0. The Morgan fingerprint density at radius 1 is 1.55 bits per heavy atom. The lowest BCUT2D eigenvalue weighted by Gasteiger charge is -2.38. The third-order valence-corrected chi connectivity index (χ3v) is 5.74. The lowest BCUT2D eigenvalue weighted by molar-refractivity contribution is -0.146. The van der Waals surface area contributed by atoms with E-state index >= 15 is 0 Å². The first-order valence-electron chi connectivity index (χ1n) is 8.14. The van der Waals surface area contributed by atoms with Crippen LogP contribution in [0.1, 0.15) is 44.6 Å². The molecule has 1 aromatic rings. The van der Waals surface area contributed by atoms with Crippen molar-refractivity contribution in [1.29, 1.82) is 0 Å². The molecule has 1 fully saturated rings. The second kappa shape index (κ2) is 8.09. The largest absolute Gasteiger partial charge is 0.387 e. The number of carbonyl (C=O) groups excluding carboxylic acids is 1. The van der Waals surface area contributed by atoms with Crippen LogP contribution in [0, 0.1) is 11.8 Å². The molecule has 1 aromatic heterocycles. The number of hydrogen-bond donors (Lipinski definition) is 1. The molecule has 0 spiro atoms. The molecule has 1 aliphatic heterocycles. The molecule has 0 saturated carbocycles. The molecule has 2 heterocycles. The smallest absolute Gasteiger partial charge is 0.226 e. The van der Waals surface area contributed by atoms with Gasteiger partial charge in [0.15, 0.2) is 0 Å². The molecule has 0 bridgehead atoms. The second-order valence-corrected chi connectivity index (χ2v) is 7.18. The molecule has 1 N–H and O–H groups in total. The molecule has 0 aliphatic carbocycles. The van der Waals surface area contributed by atoms with Crippen molar-refractivity contribution in [2.45, 2.75) is 45.8 Å². The molecule has 0 radical (unpaired) electrons. The standard InChI is InChI=1S/C17H27NO3S/c1-4-12(2)13(3)17(20)18-7-8-21-11-14(18)10-15(19)16-6-5-9-22-16/h5-6,9,12-15,19H,4,7-8,10-11H2,1-3H3. The minimum atomic E-state index is -0.527. The van der Waals surface area contributed by atoms with E-state index in [-0.39, 0.29) is 17.9 Å². The van der Waals surface area contributed by atoms with Crippen molar-refractivity contribution in [3.63, 3.8) is 0 Å². The molecule has 1 saturated heterocycles. The highest BCUT2D eigenvalue weighted by Gasteiger charge is 2.33. The second-order valence-electron chi connectivity index (χ2n) is 6.20. The van der Waals surface area contributed by atoms with Crippen molar-refractivity contribution in [3.05, 3.63) is 22.4 Å². The van der Waals surface area contributed by atoms with E-state index in [9.17, 15) is 9.90 Å². The van der Waals surface area contributed by atoms with Crippen LogP contribution in [0.5, 0.6) is 0 Å². The first-order chi connectivity index (χ1) is 10.5. The summed E-state index contributed by atoms with van der Waals surface area (Å²) in [5.74, 6) is 0.587. The van der Waals surface area contributed by atoms with Crippen LogP contribution in [0.25, 0.3) is 0 Å². The number of rotatable bonds is 6. The molecule has 5 heteroatoms. The van der Waals surface area contributed by atoms with Crippen molar-refractivity contribution in [2.24, 2.45) is 11.8 Å². The fourth-order valence-electron chi connectivity index (χ4n) is 2.85. The molecule has 0 aromatic carbocycles. The highest BCUT2D eigenvalue weighted by atomic mass is 32.1. The highest BCUT2D eigenvalue weighted by molar-refractivity contribution is 7.10. The molecule has 1 amide bonds. The maximum absolute atomic E-state index is 12.8. The number of hydrogen-bond acceptors (Lipinski definition) is 4. The summed E-state index contributed by atoms with van der Waals surface area (Å²) < 4.78 is 5.55. The zero-order valence-corrected chi connectivity index (χ0v) is 14.5. The molecule has 2 rings (SSSR count). The van der Waals surface area contributed by atoms with E-state index in [1.54, 1.807) is 11.3 Å². The summed E-state index contributed by atoms with van der Waals surface area (Å²) >= 11 is 1.55. The van der Waals surface area contributed by atoms with Gasteiger partial charge in [-0.15, -0.1) is 11.3 Å². The number of amides is 1. The Bertz CT molecular complexity index is 462. The van der Waals surface area contributed by atoms with Gasteiger partial charge in [-0.2, -0.15) is 0 Å². The number of aliphatic hydroxyl groups excluding tert-OH is 1. The molecular weight excluding hydrogens is 298 g/mol. The van der Waals surface area contributed by atoms with Crippen LogP contribution in [0.4, 0.5) is 0 Å². The van der Waals surface area contributed by atoms with Gasteiger partial charge in [-0.3, -0.25) is 4.79 Å². The maximum Gasteiger partial charge on any atom is 0.226 e. The predicted octanol–water partition coefficient (Wildman–Crippen LogP) is 3.08. The number of ether oxygens (including phenoxy) is 1. The summed E-state index contributed by atoms with van der Waals surface area (Å²) in [4.78, 5) is 15.6. The Balaban J connectivity index is 2.03. The first kappa shape index (κ1) is 17.4. The van der Waals surface area contributed by atoms with Crippen LogP contribution in [0.15, 0.2) is 17.5 Å². The number of carbonyl (C=O) groups is 1. The van der Waals surface area contributed by atoms with Crippen LogP contribution < -0.4 is 0 Å². The van der Waals surface area contributed by atoms with Crippen LogP contribution in [0.3, 0.4) is 0 Å². The predicted molar refractivity (Wildman–Crippen MR) is 88.8 cm³/mol. The normalized spacial score (nSPS) is 23.1. The van der Waals surface area contributed by atoms with Gasteiger partial charge < -0.3 is 14.7 Å². The summed E-state index contributed by atoms with van der Waals surface area (Å²) in [7, 11) is 0. The number of morpholine rings is 1. The lowest BCUT2D eigenvalue weighted by Crippen LogP contribution is -2.51. The van der Waals surface area contributed by atoms with Gasteiger partial charge in [0.1, 0.15) is 0 Å². The van der Waals surface area contributed by atoms with Gasteiger partial charge in [-0.05, 0) is 17.4 Å². The molecular formula is C17H27NO3S. The van der Waals surface area contributed by atoms with E-state index in [1.807, 2.05) is 29.3 Å². The van der Waals surface area contributed by atoms with E-state index in [2.05, 4.69) is 13.8 Å². The maximum atomic E-state index is 12.8. The number of thiophene rings is 1. The highest BCUT2D eigenvalue weighted by Crippen LogP contribution is 2.27. The zero-order valence-electron chi connectivity index (χ0n) is 13.7. The Morgan fingerprint density at radius 3 is 2.95 bits per heavy atom. The molecule has 22 heavy (non-hydrogen) atoms. The molecule has 4 nitrogen and oxygen atoms in total. The first-order valence-corrected chi connectivity index (χ1v) is 9.02. The fraction of sp³-hybridized carbons (Fsp3) is 0.706. The van der Waals surface area contributed by atoms with Crippen LogP contribution in [-0.4, -0.2) is 41.7 Å². The van der Waals surface area contributed by atoms with Crippen molar-refractivity contribution in [2.75, 3.05) is 19.8 Å². The minimum absolute atomic E-state index is 0.0180. The monoisotopic (exact) mass is 325 g/mol. The summed E-state index contributed by atoms with van der Waals surface area (Å²) in [5, 5.41) is 12.3. The number of aliphatic hydroxyl groups is 1. The Kier molecular flexibility index (Phi) is 6.41. The lowest BCUT2D eigenvalue weighted by atomic mass is 9.91. The van der Waals surface area contributed by atoms with Gasteiger partial charge in [-0.1, -0.05) is 33.3 Å². The number of nitrogens with zero attached hydrogens (tertiary/aromatic N) is 1. The summed E-state index contributed by atoms with van der Waals surface area (Å²) in [6.07, 6.45) is 1.01. The Morgan fingerprint density at radius 2 is 2.32 bits per heavy atom. The molecule has 1 aliphatic rings. The van der Waals surface area contributed by atoms with E-state index in [0.717, 1.165) is 11.3 Å². The third kappa shape index (κ3) is 4.09. The van der Waals surface area contributed by atoms with Crippen LogP contribution in [-0.2, 0) is 9.53 Å². The Hall–Kier alpha value is -0.910. The van der Waals surface area contributed by atoms with Crippen molar-refractivity contribution >= 4 is 17.2 Å². The van der Waals surface area contributed by atoms with E-state index in [4.69, 9.17) is 4.74 Å². The average Bonchev–Trinajstić information content (AvgIpc) is 3.07. The van der Waals surface area contributed by atoms with Crippen LogP contribution in [0.2, 0.25) is 0 Å². The SMILES string of the molecule is CCC(C)C(C)C(=O)N1CCOCC1CC(O)c1cccs1. The van der Waals surface area contributed by atoms with Crippen molar-refractivity contribution in [1.82, 2.24) is 4.90 Å². The van der Waals surface area contributed by atoms with Crippen LogP contribution >= 0.6 is 11.3 Å². The molecule has 4 atom stereocenters. The van der Waals surface area contributed by atoms with Gasteiger partial charge in [0.25, 0.3) is 0 Å². The van der Waals surface area contributed by atoms with E-state index < -0.39 is 6.10 Å². The van der Waals surface area contributed by atoms with Gasteiger partial charge >= 0.3 is 0 Å². The average molecular weight is 325 g/mol. The quantitative estimate of drug-likeness (QED) is 0.874. The van der Waals surface area contributed by atoms with Gasteiger partial charge in [0, 0.05) is 23.8 Å². The van der Waals surface area contributed by atoms with Gasteiger partial charge in [-0.25, -0.2) is 0 Å².